The minimum atomic E-state index is 0.525. The van der Waals surface area contributed by atoms with Crippen molar-refractivity contribution in [3.05, 3.63) is 41.7 Å². The number of benzene rings is 1. The van der Waals surface area contributed by atoms with Crippen molar-refractivity contribution < 1.29 is 0 Å². The fourth-order valence-corrected chi connectivity index (χ4v) is 2.08. The van der Waals surface area contributed by atoms with Crippen LogP contribution >= 0.6 is 0 Å². The Bertz CT molecular complexity index is 628. The Hall–Kier alpha value is -2.61. The molecule has 0 unspecified atom stereocenters. The number of nitrogen functional groups attached to an aromatic ring is 1. The standard InChI is InChI=1S/C15H17N5/c1-3-4-13-14(17)18-10-19-15(13)20(2)12-7-5-11(9-16)6-8-12/h5-8,10H,3-4H2,1-2H3,(H2,17,18,19). The number of nitrogens with zero attached hydrogens (tertiary/aromatic N) is 4. The third-order valence-electron chi connectivity index (χ3n) is 3.16. The van der Waals surface area contributed by atoms with E-state index in [2.05, 4.69) is 23.0 Å². The number of nitriles is 1. The first-order valence-corrected chi connectivity index (χ1v) is 6.50. The van der Waals surface area contributed by atoms with Crippen LogP contribution in [0.3, 0.4) is 0 Å². The second kappa shape index (κ2) is 6.02. The van der Waals surface area contributed by atoms with Crippen LogP contribution in [-0.2, 0) is 6.42 Å². The lowest BCUT2D eigenvalue weighted by molar-refractivity contribution is 0.896. The van der Waals surface area contributed by atoms with Crippen molar-refractivity contribution >= 4 is 17.3 Å². The minimum absolute atomic E-state index is 0.525. The van der Waals surface area contributed by atoms with Crippen LogP contribution in [0.15, 0.2) is 30.6 Å². The smallest absolute Gasteiger partial charge is 0.141 e. The molecular weight excluding hydrogens is 250 g/mol. The Kier molecular flexibility index (Phi) is 4.16. The predicted molar refractivity (Wildman–Crippen MR) is 79.7 cm³/mol. The molecule has 0 spiro atoms. The molecule has 1 aromatic heterocycles. The summed E-state index contributed by atoms with van der Waals surface area (Å²) in [5, 5.41) is 8.83. The first-order chi connectivity index (χ1) is 9.67. The van der Waals surface area contributed by atoms with Crippen molar-refractivity contribution in [1.29, 1.82) is 5.26 Å². The van der Waals surface area contributed by atoms with Gasteiger partial charge < -0.3 is 10.6 Å². The third kappa shape index (κ3) is 2.69. The van der Waals surface area contributed by atoms with Gasteiger partial charge in [-0.05, 0) is 30.7 Å². The zero-order chi connectivity index (χ0) is 14.5. The average Bonchev–Trinajstić information content (AvgIpc) is 2.49. The molecule has 0 amide bonds. The largest absolute Gasteiger partial charge is 0.383 e. The molecule has 0 bridgehead atoms. The van der Waals surface area contributed by atoms with Crippen LogP contribution in [0, 0.1) is 11.3 Å². The van der Waals surface area contributed by atoms with Gasteiger partial charge >= 0.3 is 0 Å². The zero-order valence-electron chi connectivity index (χ0n) is 11.7. The van der Waals surface area contributed by atoms with Crippen molar-refractivity contribution in [2.45, 2.75) is 19.8 Å². The molecule has 0 aliphatic carbocycles. The molecule has 0 saturated carbocycles. The highest BCUT2D eigenvalue weighted by Gasteiger charge is 2.13. The maximum absolute atomic E-state index is 8.83. The highest BCUT2D eigenvalue weighted by Crippen LogP contribution is 2.28. The predicted octanol–water partition coefficient (Wildman–Crippen LogP) is 2.65. The summed E-state index contributed by atoms with van der Waals surface area (Å²) in [6.45, 7) is 2.10. The highest BCUT2D eigenvalue weighted by atomic mass is 15.2. The van der Waals surface area contributed by atoms with Gasteiger partial charge in [0.15, 0.2) is 0 Å². The van der Waals surface area contributed by atoms with Crippen LogP contribution in [0.4, 0.5) is 17.3 Å². The van der Waals surface area contributed by atoms with Crippen LogP contribution in [0.2, 0.25) is 0 Å². The van der Waals surface area contributed by atoms with E-state index in [1.54, 1.807) is 12.1 Å². The van der Waals surface area contributed by atoms with Gasteiger partial charge in [-0.25, -0.2) is 9.97 Å². The molecule has 0 saturated heterocycles. The van der Waals surface area contributed by atoms with Gasteiger partial charge in [-0.1, -0.05) is 13.3 Å². The summed E-state index contributed by atoms with van der Waals surface area (Å²) in [6, 6.07) is 9.48. The Morgan fingerprint density at radius 3 is 2.55 bits per heavy atom. The number of anilines is 3. The monoisotopic (exact) mass is 267 g/mol. The first-order valence-electron chi connectivity index (χ1n) is 6.50. The summed E-state index contributed by atoms with van der Waals surface area (Å²) in [7, 11) is 1.93. The molecule has 1 heterocycles. The number of hydrogen-bond donors (Lipinski definition) is 1. The van der Waals surface area contributed by atoms with E-state index in [0.29, 0.717) is 11.4 Å². The number of rotatable bonds is 4. The maximum atomic E-state index is 8.83. The Morgan fingerprint density at radius 1 is 1.25 bits per heavy atom. The quantitative estimate of drug-likeness (QED) is 0.921. The highest BCUT2D eigenvalue weighted by molar-refractivity contribution is 5.66. The molecule has 5 heteroatoms. The summed E-state index contributed by atoms with van der Waals surface area (Å²) in [5.74, 6) is 1.33. The molecular formula is C15H17N5. The van der Waals surface area contributed by atoms with E-state index in [1.807, 2.05) is 24.1 Å². The minimum Gasteiger partial charge on any atom is -0.383 e. The third-order valence-corrected chi connectivity index (χ3v) is 3.16. The topological polar surface area (TPSA) is 78.8 Å². The Labute approximate surface area is 118 Å². The average molecular weight is 267 g/mol. The van der Waals surface area contributed by atoms with Gasteiger partial charge in [0.1, 0.15) is 18.0 Å². The van der Waals surface area contributed by atoms with Gasteiger partial charge in [0.2, 0.25) is 0 Å². The first kappa shape index (κ1) is 13.8. The van der Waals surface area contributed by atoms with E-state index in [0.717, 1.165) is 29.9 Å². The summed E-state index contributed by atoms with van der Waals surface area (Å²) in [5.41, 5.74) is 8.50. The molecule has 0 atom stereocenters. The van der Waals surface area contributed by atoms with Gasteiger partial charge in [0.25, 0.3) is 0 Å². The van der Waals surface area contributed by atoms with E-state index in [9.17, 15) is 0 Å². The van der Waals surface area contributed by atoms with Crippen molar-refractivity contribution in [2.75, 3.05) is 17.7 Å². The van der Waals surface area contributed by atoms with Gasteiger partial charge in [-0.2, -0.15) is 5.26 Å². The van der Waals surface area contributed by atoms with Crippen LogP contribution in [0.5, 0.6) is 0 Å². The maximum Gasteiger partial charge on any atom is 0.141 e. The number of aromatic nitrogens is 2. The van der Waals surface area contributed by atoms with Gasteiger partial charge in [0, 0.05) is 18.3 Å². The summed E-state index contributed by atoms with van der Waals surface area (Å²) in [6.07, 6.45) is 3.29. The normalized spacial score (nSPS) is 10.1. The van der Waals surface area contributed by atoms with Crippen LogP contribution in [-0.4, -0.2) is 17.0 Å². The van der Waals surface area contributed by atoms with Crippen LogP contribution in [0.25, 0.3) is 0 Å². The van der Waals surface area contributed by atoms with E-state index in [-0.39, 0.29) is 0 Å². The number of hydrogen-bond acceptors (Lipinski definition) is 5. The second-order valence-electron chi connectivity index (χ2n) is 4.53. The second-order valence-corrected chi connectivity index (χ2v) is 4.53. The molecule has 102 valence electrons. The molecule has 2 aromatic rings. The van der Waals surface area contributed by atoms with Gasteiger partial charge in [-0.3, -0.25) is 0 Å². The van der Waals surface area contributed by atoms with Crippen molar-refractivity contribution in [2.24, 2.45) is 0 Å². The molecule has 2 N–H and O–H groups in total. The molecule has 20 heavy (non-hydrogen) atoms. The Morgan fingerprint density at radius 2 is 1.95 bits per heavy atom. The van der Waals surface area contributed by atoms with Crippen molar-refractivity contribution in [1.82, 2.24) is 9.97 Å². The van der Waals surface area contributed by atoms with Crippen molar-refractivity contribution in [3.63, 3.8) is 0 Å². The van der Waals surface area contributed by atoms with E-state index in [1.165, 1.54) is 6.33 Å². The van der Waals surface area contributed by atoms with Gasteiger partial charge in [0.05, 0.1) is 11.6 Å². The summed E-state index contributed by atoms with van der Waals surface area (Å²) < 4.78 is 0. The van der Waals surface area contributed by atoms with Crippen LogP contribution < -0.4 is 10.6 Å². The molecule has 0 aliphatic heterocycles. The molecule has 0 radical (unpaired) electrons. The van der Waals surface area contributed by atoms with Crippen molar-refractivity contribution in [3.8, 4) is 6.07 Å². The molecule has 0 fully saturated rings. The molecule has 5 nitrogen and oxygen atoms in total. The van der Waals surface area contributed by atoms with E-state index >= 15 is 0 Å². The summed E-state index contributed by atoms with van der Waals surface area (Å²) >= 11 is 0. The lowest BCUT2D eigenvalue weighted by Gasteiger charge is -2.21. The number of nitrogens with two attached hydrogens (primary N) is 1. The molecule has 2 rings (SSSR count). The lowest BCUT2D eigenvalue weighted by atomic mass is 10.1. The fourth-order valence-electron chi connectivity index (χ4n) is 2.08. The molecule has 1 aromatic carbocycles. The fraction of sp³-hybridized carbons (Fsp3) is 0.267. The van der Waals surface area contributed by atoms with E-state index < -0.39 is 0 Å². The lowest BCUT2D eigenvalue weighted by Crippen LogP contribution is -2.15. The van der Waals surface area contributed by atoms with E-state index in [4.69, 9.17) is 11.0 Å². The van der Waals surface area contributed by atoms with Gasteiger partial charge in [-0.15, -0.1) is 0 Å². The SMILES string of the molecule is CCCc1c(N)ncnc1N(C)c1ccc(C#N)cc1. The van der Waals surface area contributed by atoms with Crippen LogP contribution in [0.1, 0.15) is 24.5 Å². The zero-order valence-corrected chi connectivity index (χ0v) is 11.7. The summed E-state index contributed by atoms with van der Waals surface area (Å²) in [4.78, 5) is 10.4. The molecule has 0 aliphatic rings. The Balaban J connectivity index is 2.39.